The van der Waals surface area contributed by atoms with Gasteiger partial charge in [0, 0.05) is 0 Å². The van der Waals surface area contributed by atoms with Gasteiger partial charge in [-0.1, -0.05) is 102 Å². The van der Waals surface area contributed by atoms with Crippen LogP contribution in [0.25, 0.3) is 0 Å². The van der Waals surface area contributed by atoms with Crippen molar-refractivity contribution in [2.75, 3.05) is 0 Å². The van der Waals surface area contributed by atoms with Crippen LogP contribution in [0.3, 0.4) is 0 Å². The predicted molar refractivity (Wildman–Crippen MR) is 105 cm³/mol. The standard InChI is InChI=1S/C23H40/c1-4-6-8-10-12-14-16-22-19-18-21(3)20-23(22)17-15-13-11-9-7-5-2/h18-20H,4-17H2,1-3H3. The van der Waals surface area contributed by atoms with Gasteiger partial charge < -0.3 is 0 Å². The highest BCUT2D eigenvalue weighted by molar-refractivity contribution is 5.31. The molecule has 0 nitrogen and oxygen atoms in total. The van der Waals surface area contributed by atoms with Crippen molar-refractivity contribution in [1.29, 1.82) is 0 Å². The van der Waals surface area contributed by atoms with E-state index in [2.05, 4.69) is 39.0 Å². The first-order valence-electron chi connectivity index (χ1n) is 10.4. The summed E-state index contributed by atoms with van der Waals surface area (Å²) >= 11 is 0. The van der Waals surface area contributed by atoms with Crippen molar-refractivity contribution in [3.8, 4) is 0 Å². The van der Waals surface area contributed by atoms with Gasteiger partial charge in [0.2, 0.25) is 0 Å². The van der Waals surface area contributed by atoms with Gasteiger partial charge in [0.15, 0.2) is 0 Å². The molecule has 0 atom stereocenters. The van der Waals surface area contributed by atoms with Crippen LogP contribution in [0.1, 0.15) is 108 Å². The summed E-state index contributed by atoms with van der Waals surface area (Å²) in [5.74, 6) is 0. The van der Waals surface area contributed by atoms with E-state index in [1.165, 1.54) is 95.5 Å². The molecule has 0 aromatic heterocycles. The lowest BCUT2D eigenvalue weighted by molar-refractivity contribution is 0.599. The molecule has 0 aliphatic rings. The van der Waals surface area contributed by atoms with E-state index < -0.39 is 0 Å². The summed E-state index contributed by atoms with van der Waals surface area (Å²) in [4.78, 5) is 0. The normalized spacial score (nSPS) is 11.1. The minimum Gasteiger partial charge on any atom is -0.0654 e. The molecule has 132 valence electrons. The van der Waals surface area contributed by atoms with E-state index in [4.69, 9.17) is 0 Å². The van der Waals surface area contributed by atoms with E-state index in [-0.39, 0.29) is 0 Å². The van der Waals surface area contributed by atoms with E-state index in [1.807, 2.05) is 0 Å². The minimum absolute atomic E-state index is 1.29. The fraction of sp³-hybridized carbons (Fsp3) is 0.739. The molecule has 0 unspecified atom stereocenters. The maximum Gasteiger partial charge on any atom is -0.0276 e. The van der Waals surface area contributed by atoms with Crippen molar-refractivity contribution in [3.63, 3.8) is 0 Å². The molecule has 0 heterocycles. The van der Waals surface area contributed by atoms with Gasteiger partial charge >= 0.3 is 0 Å². The summed E-state index contributed by atoms with van der Waals surface area (Å²) in [7, 11) is 0. The second kappa shape index (κ2) is 13.6. The van der Waals surface area contributed by atoms with Crippen molar-refractivity contribution in [3.05, 3.63) is 34.9 Å². The van der Waals surface area contributed by atoms with E-state index in [0.717, 1.165) is 0 Å². The third kappa shape index (κ3) is 9.84. The van der Waals surface area contributed by atoms with Crippen LogP contribution in [0.2, 0.25) is 0 Å². The van der Waals surface area contributed by atoms with Crippen molar-refractivity contribution in [2.45, 2.75) is 111 Å². The Labute approximate surface area is 146 Å². The Bertz CT molecular complexity index is 391. The summed E-state index contributed by atoms with van der Waals surface area (Å²) in [5, 5.41) is 0. The first-order chi connectivity index (χ1) is 11.3. The minimum atomic E-state index is 1.29. The van der Waals surface area contributed by atoms with Gasteiger partial charge in [-0.3, -0.25) is 0 Å². The third-order valence-electron chi connectivity index (χ3n) is 4.96. The predicted octanol–water partition coefficient (Wildman–Crippen LogP) is 7.80. The smallest absolute Gasteiger partial charge is 0.0276 e. The quantitative estimate of drug-likeness (QED) is 0.307. The third-order valence-corrected chi connectivity index (χ3v) is 4.96. The molecule has 1 aromatic carbocycles. The number of hydrogen-bond acceptors (Lipinski definition) is 0. The number of benzene rings is 1. The Hall–Kier alpha value is -0.780. The molecule has 0 amide bonds. The van der Waals surface area contributed by atoms with Crippen LogP contribution in [0, 0.1) is 6.92 Å². The summed E-state index contributed by atoms with van der Waals surface area (Å²) in [5.41, 5.74) is 4.69. The topological polar surface area (TPSA) is 0 Å². The SMILES string of the molecule is CCCCCCCCc1ccc(C)cc1CCCCCCCC. The molecule has 0 fully saturated rings. The first-order valence-corrected chi connectivity index (χ1v) is 10.4. The summed E-state index contributed by atoms with van der Waals surface area (Å²) in [6.45, 7) is 6.82. The van der Waals surface area contributed by atoms with Gasteiger partial charge in [-0.15, -0.1) is 0 Å². The van der Waals surface area contributed by atoms with E-state index in [0.29, 0.717) is 0 Å². The van der Waals surface area contributed by atoms with Crippen LogP contribution in [0.5, 0.6) is 0 Å². The van der Waals surface area contributed by atoms with Crippen LogP contribution < -0.4 is 0 Å². The fourth-order valence-electron chi connectivity index (χ4n) is 3.42. The Morgan fingerprint density at radius 1 is 0.565 bits per heavy atom. The van der Waals surface area contributed by atoms with E-state index in [1.54, 1.807) is 11.1 Å². The van der Waals surface area contributed by atoms with E-state index >= 15 is 0 Å². The highest BCUT2D eigenvalue weighted by Crippen LogP contribution is 2.19. The zero-order valence-electron chi connectivity index (χ0n) is 16.1. The van der Waals surface area contributed by atoms with Crippen molar-refractivity contribution in [2.24, 2.45) is 0 Å². The van der Waals surface area contributed by atoms with Gasteiger partial charge in [-0.2, -0.15) is 0 Å². The molecular formula is C23H40. The lowest BCUT2D eigenvalue weighted by Crippen LogP contribution is -1.97. The van der Waals surface area contributed by atoms with Crippen LogP contribution in [0.15, 0.2) is 18.2 Å². The largest absolute Gasteiger partial charge is 0.0654 e. The second-order valence-electron chi connectivity index (χ2n) is 7.31. The highest BCUT2D eigenvalue weighted by Gasteiger charge is 2.03. The van der Waals surface area contributed by atoms with Crippen molar-refractivity contribution >= 4 is 0 Å². The van der Waals surface area contributed by atoms with Crippen molar-refractivity contribution in [1.82, 2.24) is 0 Å². The van der Waals surface area contributed by atoms with E-state index in [9.17, 15) is 0 Å². The average molecular weight is 317 g/mol. The molecule has 0 N–H and O–H groups in total. The fourth-order valence-corrected chi connectivity index (χ4v) is 3.42. The summed E-state index contributed by atoms with van der Waals surface area (Å²) in [6.07, 6.45) is 19.4. The summed E-state index contributed by atoms with van der Waals surface area (Å²) in [6, 6.07) is 7.14. The van der Waals surface area contributed by atoms with Gasteiger partial charge in [-0.25, -0.2) is 0 Å². The molecule has 0 bridgehead atoms. The molecule has 23 heavy (non-hydrogen) atoms. The maximum atomic E-state index is 2.44. The molecule has 0 spiro atoms. The maximum absolute atomic E-state index is 2.44. The average Bonchev–Trinajstić information content (AvgIpc) is 2.55. The molecule has 1 aromatic rings. The Morgan fingerprint density at radius 3 is 1.61 bits per heavy atom. The Kier molecular flexibility index (Phi) is 12.0. The zero-order valence-corrected chi connectivity index (χ0v) is 16.1. The molecular weight excluding hydrogens is 276 g/mol. The van der Waals surface area contributed by atoms with Crippen LogP contribution in [-0.2, 0) is 12.8 Å². The van der Waals surface area contributed by atoms with Crippen LogP contribution >= 0.6 is 0 Å². The molecule has 0 aliphatic heterocycles. The molecule has 1 rings (SSSR count). The molecule has 0 heteroatoms. The molecule has 0 aliphatic carbocycles. The highest BCUT2D eigenvalue weighted by atomic mass is 14.1. The van der Waals surface area contributed by atoms with Gasteiger partial charge in [-0.05, 0) is 43.7 Å². The zero-order chi connectivity index (χ0) is 16.8. The molecule has 0 radical (unpaired) electrons. The van der Waals surface area contributed by atoms with Crippen LogP contribution in [0.4, 0.5) is 0 Å². The van der Waals surface area contributed by atoms with Gasteiger partial charge in [0.1, 0.15) is 0 Å². The Morgan fingerprint density at radius 2 is 1.04 bits per heavy atom. The second-order valence-corrected chi connectivity index (χ2v) is 7.31. The summed E-state index contributed by atoms with van der Waals surface area (Å²) < 4.78 is 0. The molecule has 0 saturated heterocycles. The van der Waals surface area contributed by atoms with Crippen molar-refractivity contribution < 1.29 is 0 Å². The van der Waals surface area contributed by atoms with Crippen LogP contribution in [-0.4, -0.2) is 0 Å². The Balaban J connectivity index is 2.31. The van der Waals surface area contributed by atoms with Gasteiger partial charge in [0.25, 0.3) is 0 Å². The monoisotopic (exact) mass is 316 g/mol. The lowest BCUT2D eigenvalue weighted by Gasteiger charge is -2.11. The molecule has 0 saturated carbocycles. The number of hydrogen-bond donors (Lipinski definition) is 0. The lowest BCUT2D eigenvalue weighted by atomic mass is 9.95. The number of rotatable bonds is 14. The number of unbranched alkanes of at least 4 members (excludes halogenated alkanes) is 10. The first kappa shape index (κ1) is 20.3. The van der Waals surface area contributed by atoms with Gasteiger partial charge in [0.05, 0.1) is 0 Å². The number of aryl methyl sites for hydroxylation is 3.